The average molecular weight is 263 g/mol. The SMILES string of the molecule is Cc1conc1NC(=O)C(=O)Nc1cccc(F)c1. The molecule has 6 nitrogen and oxygen atoms in total. The van der Waals surface area contributed by atoms with Crippen molar-refractivity contribution in [3.8, 4) is 0 Å². The largest absolute Gasteiger partial charge is 0.362 e. The van der Waals surface area contributed by atoms with Crippen LogP contribution in [-0.4, -0.2) is 17.0 Å². The standard InChI is InChI=1S/C12H10FN3O3/c1-7-6-19-16-10(7)15-12(18)11(17)14-9-4-2-3-8(13)5-9/h2-6H,1H3,(H,14,17)(H,15,16,18). The van der Waals surface area contributed by atoms with Crippen molar-refractivity contribution in [2.24, 2.45) is 0 Å². The number of aromatic nitrogens is 1. The minimum Gasteiger partial charge on any atom is -0.362 e. The lowest BCUT2D eigenvalue weighted by Crippen LogP contribution is -2.29. The second-order valence-electron chi connectivity index (χ2n) is 3.76. The molecule has 0 fully saturated rings. The highest BCUT2D eigenvalue weighted by atomic mass is 19.1. The van der Waals surface area contributed by atoms with Gasteiger partial charge in [0.05, 0.1) is 0 Å². The molecule has 2 amide bonds. The molecule has 0 unspecified atom stereocenters. The Kier molecular flexibility index (Phi) is 3.56. The molecule has 1 aromatic carbocycles. The van der Waals surface area contributed by atoms with Gasteiger partial charge in [-0.1, -0.05) is 11.2 Å². The number of benzene rings is 1. The first-order valence-electron chi connectivity index (χ1n) is 5.35. The van der Waals surface area contributed by atoms with E-state index in [2.05, 4.69) is 20.3 Å². The van der Waals surface area contributed by atoms with E-state index in [9.17, 15) is 14.0 Å². The van der Waals surface area contributed by atoms with Crippen LogP contribution in [0.1, 0.15) is 5.56 Å². The Balaban J connectivity index is 2.00. The Morgan fingerprint density at radius 3 is 2.63 bits per heavy atom. The fourth-order valence-corrected chi connectivity index (χ4v) is 1.33. The van der Waals surface area contributed by atoms with Gasteiger partial charge >= 0.3 is 11.8 Å². The Morgan fingerprint density at radius 1 is 1.26 bits per heavy atom. The zero-order valence-corrected chi connectivity index (χ0v) is 9.94. The first-order valence-corrected chi connectivity index (χ1v) is 5.35. The van der Waals surface area contributed by atoms with Crippen molar-refractivity contribution in [3.05, 3.63) is 41.9 Å². The van der Waals surface area contributed by atoms with Crippen LogP contribution in [0.2, 0.25) is 0 Å². The van der Waals surface area contributed by atoms with E-state index in [0.717, 1.165) is 6.07 Å². The number of carbonyl (C=O) groups is 2. The molecule has 7 heteroatoms. The summed E-state index contributed by atoms with van der Waals surface area (Å²) in [6, 6.07) is 5.22. The van der Waals surface area contributed by atoms with E-state index >= 15 is 0 Å². The fraction of sp³-hybridized carbons (Fsp3) is 0.0833. The number of hydrogen-bond acceptors (Lipinski definition) is 4. The second kappa shape index (κ2) is 5.30. The summed E-state index contributed by atoms with van der Waals surface area (Å²) >= 11 is 0. The molecular weight excluding hydrogens is 253 g/mol. The van der Waals surface area contributed by atoms with E-state index in [1.165, 1.54) is 24.5 Å². The molecule has 0 aliphatic carbocycles. The third kappa shape index (κ3) is 3.15. The maximum absolute atomic E-state index is 12.9. The quantitative estimate of drug-likeness (QED) is 0.808. The number of hydrogen-bond donors (Lipinski definition) is 2. The normalized spacial score (nSPS) is 10.0. The summed E-state index contributed by atoms with van der Waals surface area (Å²) < 4.78 is 17.5. The van der Waals surface area contributed by atoms with Gasteiger partial charge in [-0.25, -0.2) is 4.39 Å². The van der Waals surface area contributed by atoms with E-state index in [1.807, 2.05) is 0 Å². The molecule has 2 rings (SSSR count). The van der Waals surface area contributed by atoms with Crippen LogP contribution < -0.4 is 10.6 Å². The third-order valence-corrected chi connectivity index (χ3v) is 2.27. The van der Waals surface area contributed by atoms with Crippen LogP contribution in [0.5, 0.6) is 0 Å². The van der Waals surface area contributed by atoms with Crippen LogP contribution in [0.3, 0.4) is 0 Å². The number of nitrogens with one attached hydrogen (secondary N) is 2. The molecule has 1 heterocycles. The Bertz CT molecular complexity index is 624. The van der Waals surface area contributed by atoms with E-state index in [-0.39, 0.29) is 11.5 Å². The zero-order valence-electron chi connectivity index (χ0n) is 9.94. The van der Waals surface area contributed by atoms with Gasteiger partial charge in [0.1, 0.15) is 12.1 Å². The van der Waals surface area contributed by atoms with E-state index < -0.39 is 17.6 Å². The summed E-state index contributed by atoms with van der Waals surface area (Å²) in [5.41, 5.74) is 0.781. The van der Waals surface area contributed by atoms with Gasteiger partial charge in [0.25, 0.3) is 0 Å². The number of nitrogens with zero attached hydrogens (tertiary/aromatic N) is 1. The second-order valence-corrected chi connectivity index (χ2v) is 3.76. The smallest absolute Gasteiger partial charge is 0.315 e. The summed E-state index contributed by atoms with van der Waals surface area (Å²) in [5.74, 6) is -2.18. The number of carbonyl (C=O) groups excluding carboxylic acids is 2. The van der Waals surface area contributed by atoms with Gasteiger partial charge in [-0.05, 0) is 25.1 Å². The highest BCUT2D eigenvalue weighted by molar-refractivity contribution is 6.43. The molecular formula is C12H10FN3O3. The number of anilines is 2. The average Bonchev–Trinajstić information content (AvgIpc) is 2.75. The molecule has 0 saturated carbocycles. The third-order valence-electron chi connectivity index (χ3n) is 2.27. The molecule has 0 aliphatic rings. The predicted molar refractivity (Wildman–Crippen MR) is 64.9 cm³/mol. The van der Waals surface area contributed by atoms with Crippen molar-refractivity contribution >= 4 is 23.3 Å². The van der Waals surface area contributed by atoms with Crippen LogP contribution in [0.4, 0.5) is 15.9 Å². The predicted octanol–water partition coefficient (Wildman–Crippen LogP) is 1.70. The van der Waals surface area contributed by atoms with Crippen LogP contribution in [-0.2, 0) is 9.59 Å². The number of amides is 2. The van der Waals surface area contributed by atoms with Crippen LogP contribution in [0.15, 0.2) is 35.1 Å². The Labute approximate surface area is 107 Å². The number of rotatable bonds is 2. The molecule has 98 valence electrons. The number of aryl methyl sites for hydroxylation is 1. The van der Waals surface area contributed by atoms with Gasteiger partial charge in [-0.2, -0.15) is 0 Å². The van der Waals surface area contributed by atoms with Crippen LogP contribution >= 0.6 is 0 Å². The summed E-state index contributed by atoms with van der Waals surface area (Å²) in [6.45, 7) is 1.66. The lowest BCUT2D eigenvalue weighted by molar-refractivity contribution is -0.133. The highest BCUT2D eigenvalue weighted by Gasteiger charge is 2.16. The zero-order chi connectivity index (χ0) is 13.8. The van der Waals surface area contributed by atoms with Crippen molar-refractivity contribution in [2.45, 2.75) is 6.92 Å². The minimum atomic E-state index is -0.923. The molecule has 2 N–H and O–H groups in total. The van der Waals surface area contributed by atoms with Gasteiger partial charge in [0, 0.05) is 11.3 Å². The lowest BCUT2D eigenvalue weighted by Gasteiger charge is -2.04. The molecule has 2 aromatic rings. The molecule has 0 saturated heterocycles. The van der Waals surface area contributed by atoms with Crippen molar-refractivity contribution in [1.82, 2.24) is 5.16 Å². The highest BCUT2D eigenvalue weighted by Crippen LogP contribution is 2.11. The van der Waals surface area contributed by atoms with Gasteiger partial charge in [-0.3, -0.25) is 14.9 Å². The first-order chi connectivity index (χ1) is 9.06. The van der Waals surface area contributed by atoms with E-state index in [0.29, 0.717) is 5.56 Å². The summed E-state index contributed by atoms with van der Waals surface area (Å²) in [5, 5.41) is 8.05. The summed E-state index contributed by atoms with van der Waals surface area (Å²) in [4.78, 5) is 23.1. The molecule has 0 bridgehead atoms. The van der Waals surface area contributed by atoms with Gasteiger partial charge in [-0.15, -0.1) is 0 Å². The van der Waals surface area contributed by atoms with Crippen molar-refractivity contribution in [3.63, 3.8) is 0 Å². The summed E-state index contributed by atoms with van der Waals surface area (Å²) in [7, 11) is 0. The molecule has 0 radical (unpaired) electrons. The Morgan fingerprint density at radius 2 is 2.00 bits per heavy atom. The van der Waals surface area contributed by atoms with E-state index in [1.54, 1.807) is 6.92 Å². The lowest BCUT2D eigenvalue weighted by atomic mass is 10.3. The van der Waals surface area contributed by atoms with E-state index in [4.69, 9.17) is 0 Å². The molecule has 0 spiro atoms. The Hall–Kier alpha value is -2.70. The van der Waals surface area contributed by atoms with Gasteiger partial charge in [0.2, 0.25) is 0 Å². The van der Waals surface area contributed by atoms with Crippen molar-refractivity contribution < 1.29 is 18.5 Å². The van der Waals surface area contributed by atoms with Crippen LogP contribution in [0.25, 0.3) is 0 Å². The molecule has 19 heavy (non-hydrogen) atoms. The fourth-order valence-electron chi connectivity index (χ4n) is 1.33. The topological polar surface area (TPSA) is 84.2 Å². The van der Waals surface area contributed by atoms with Gasteiger partial charge in [0.15, 0.2) is 5.82 Å². The molecule has 0 atom stereocenters. The van der Waals surface area contributed by atoms with Crippen molar-refractivity contribution in [2.75, 3.05) is 10.6 Å². The maximum Gasteiger partial charge on any atom is 0.315 e. The van der Waals surface area contributed by atoms with Crippen molar-refractivity contribution in [1.29, 1.82) is 0 Å². The molecule has 0 aliphatic heterocycles. The van der Waals surface area contributed by atoms with Gasteiger partial charge < -0.3 is 9.84 Å². The monoisotopic (exact) mass is 263 g/mol. The number of halogens is 1. The molecule has 1 aromatic heterocycles. The maximum atomic E-state index is 12.9. The first kappa shape index (κ1) is 12.7. The minimum absolute atomic E-state index is 0.166. The summed E-state index contributed by atoms with van der Waals surface area (Å²) in [6.07, 6.45) is 1.33. The van der Waals surface area contributed by atoms with Crippen LogP contribution in [0, 0.1) is 12.7 Å².